The number of aryl methyl sites for hydroxylation is 1. The number of imidazole rings is 1. The third kappa shape index (κ3) is 5.77. The Hall–Kier alpha value is -4.00. The molecule has 3 aromatic rings. The van der Waals surface area contributed by atoms with Crippen LogP contribution in [0.5, 0.6) is 17.5 Å². The highest BCUT2D eigenvalue weighted by atomic mass is 19.4. The first kappa shape index (κ1) is 25.6. The predicted octanol–water partition coefficient (Wildman–Crippen LogP) is 4.41. The number of hydrogen-bond acceptors (Lipinski definition) is 8. The zero-order valence-corrected chi connectivity index (χ0v) is 20.1. The first-order valence-electron chi connectivity index (χ1n) is 12.0. The van der Waals surface area contributed by atoms with E-state index < -0.39 is 16.9 Å². The SMILES string of the molecule is O=[N+]([O-])c1cn2c(n1)OC(COc1ccc(N3CCC(O)(c4ccc(OC(F)(F)F)cc4)CC3)cc1)CC2. The lowest BCUT2D eigenvalue weighted by atomic mass is 9.84. The van der Waals surface area contributed by atoms with Crippen molar-refractivity contribution in [3.8, 4) is 17.5 Å². The number of nitro groups is 1. The minimum atomic E-state index is -4.76. The lowest BCUT2D eigenvalue weighted by Crippen LogP contribution is -2.42. The predicted molar refractivity (Wildman–Crippen MR) is 128 cm³/mol. The molecule has 0 saturated carbocycles. The van der Waals surface area contributed by atoms with Crippen LogP contribution >= 0.6 is 0 Å². The fraction of sp³-hybridized carbons (Fsp3) is 0.400. The molecular weight excluding hydrogens is 509 g/mol. The van der Waals surface area contributed by atoms with E-state index in [-0.39, 0.29) is 30.3 Å². The van der Waals surface area contributed by atoms with E-state index >= 15 is 0 Å². The zero-order valence-electron chi connectivity index (χ0n) is 20.1. The van der Waals surface area contributed by atoms with Crippen molar-refractivity contribution in [2.45, 2.75) is 43.9 Å². The van der Waals surface area contributed by atoms with E-state index in [0.717, 1.165) is 5.69 Å². The van der Waals surface area contributed by atoms with Crippen LogP contribution in [0, 0.1) is 10.1 Å². The number of halogens is 3. The second kappa shape index (κ2) is 10.0. The number of benzene rings is 2. The standard InChI is InChI=1S/C25H25F3N4O6/c26-25(27,28)38-20-5-1-17(2-6-20)24(33)10-13-30(14-11-24)18-3-7-19(8-4-18)36-16-21-9-12-31-15-22(32(34)35)29-23(31)37-21/h1-8,15,21,33H,9-14,16H2. The maximum atomic E-state index is 12.4. The van der Waals surface area contributed by atoms with Gasteiger partial charge in [-0.3, -0.25) is 4.57 Å². The van der Waals surface area contributed by atoms with Gasteiger partial charge in [-0.25, -0.2) is 0 Å². The number of anilines is 1. The van der Waals surface area contributed by atoms with E-state index in [9.17, 15) is 28.4 Å². The quantitative estimate of drug-likeness (QED) is 0.351. The van der Waals surface area contributed by atoms with Crippen molar-refractivity contribution in [3.05, 3.63) is 70.4 Å². The van der Waals surface area contributed by atoms with Crippen LogP contribution in [-0.4, -0.2) is 51.7 Å². The Morgan fingerprint density at radius 2 is 1.74 bits per heavy atom. The lowest BCUT2D eigenvalue weighted by Gasteiger charge is -2.39. The molecular formula is C25H25F3N4O6. The molecule has 2 aliphatic rings. The van der Waals surface area contributed by atoms with Crippen LogP contribution in [-0.2, 0) is 12.1 Å². The molecule has 0 bridgehead atoms. The molecule has 202 valence electrons. The summed E-state index contributed by atoms with van der Waals surface area (Å²) >= 11 is 0. The second-order valence-corrected chi connectivity index (χ2v) is 9.26. The summed E-state index contributed by atoms with van der Waals surface area (Å²) in [4.78, 5) is 16.3. The van der Waals surface area contributed by atoms with Gasteiger partial charge in [-0.05, 0) is 59.7 Å². The van der Waals surface area contributed by atoms with Crippen molar-refractivity contribution >= 4 is 11.5 Å². The minimum absolute atomic E-state index is 0.211. The Morgan fingerprint density at radius 1 is 1.08 bits per heavy atom. The van der Waals surface area contributed by atoms with Crippen LogP contribution in [0.25, 0.3) is 0 Å². The Bertz CT molecular complexity index is 1270. The Morgan fingerprint density at radius 3 is 2.37 bits per heavy atom. The molecule has 1 aromatic heterocycles. The first-order valence-corrected chi connectivity index (χ1v) is 12.0. The van der Waals surface area contributed by atoms with Gasteiger partial charge in [0.2, 0.25) is 0 Å². The van der Waals surface area contributed by atoms with Crippen LogP contribution in [0.4, 0.5) is 24.7 Å². The van der Waals surface area contributed by atoms with E-state index in [1.54, 1.807) is 4.57 Å². The maximum Gasteiger partial charge on any atom is 0.573 e. The number of hydrogen-bond donors (Lipinski definition) is 1. The molecule has 0 aliphatic carbocycles. The van der Waals surface area contributed by atoms with Crippen molar-refractivity contribution in [1.82, 2.24) is 9.55 Å². The summed E-state index contributed by atoms with van der Waals surface area (Å²) in [5.41, 5.74) is 0.375. The molecule has 0 amide bonds. The number of fused-ring (bicyclic) bond motifs is 1. The highest BCUT2D eigenvalue weighted by molar-refractivity contribution is 5.50. The van der Waals surface area contributed by atoms with Gasteiger partial charge >= 0.3 is 18.2 Å². The third-order valence-corrected chi connectivity index (χ3v) is 6.73. The summed E-state index contributed by atoms with van der Waals surface area (Å²) in [7, 11) is 0. The number of rotatable bonds is 7. The van der Waals surface area contributed by atoms with Crippen molar-refractivity contribution in [1.29, 1.82) is 0 Å². The summed E-state index contributed by atoms with van der Waals surface area (Å²) in [5.74, 6) is 0.0727. The number of alkyl halides is 3. The monoisotopic (exact) mass is 534 g/mol. The van der Waals surface area contributed by atoms with Crippen molar-refractivity contribution < 1.29 is 37.4 Å². The van der Waals surface area contributed by atoms with Crippen molar-refractivity contribution in [2.75, 3.05) is 24.6 Å². The third-order valence-electron chi connectivity index (χ3n) is 6.73. The summed E-state index contributed by atoms with van der Waals surface area (Å²) < 4.78 is 54.3. The smallest absolute Gasteiger partial charge is 0.490 e. The van der Waals surface area contributed by atoms with Crippen molar-refractivity contribution in [3.63, 3.8) is 0 Å². The average molecular weight is 534 g/mol. The van der Waals surface area contributed by atoms with Crippen LogP contribution in [0.1, 0.15) is 24.8 Å². The molecule has 1 atom stereocenters. The number of aromatic nitrogens is 2. The van der Waals surface area contributed by atoms with E-state index in [0.29, 0.717) is 50.2 Å². The second-order valence-electron chi connectivity index (χ2n) is 9.26. The van der Waals surface area contributed by atoms with E-state index in [1.165, 1.54) is 30.5 Å². The largest absolute Gasteiger partial charge is 0.573 e. The summed E-state index contributed by atoms with van der Waals surface area (Å²) in [6.07, 6.45) is -2.22. The van der Waals surface area contributed by atoms with Gasteiger partial charge in [0.1, 0.15) is 30.4 Å². The molecule has 5 rings (SSSR count). The van der Waals surface area contributed by atoms with E-state index in [1.807, 2.05) is 24.3 Å². The van der Waals surface area contributed by atoms with Gasteiger partial charge in [0.05, 0.1) is 5.60 Å². The number of piperidine rings is 1. The number of aliphatic hydroxyl groups is 1. The normalized spacial score (nSPS) is 18.8. The fourth-order valence-corrected chi connectivity index (χ4v) is 4.67. The van der Waals surface area contributed by atoms with E-state index in [4.69, 9.17) is 9.47 Å². The van der Waals surface area contributed by atoms with Gasteiger partial charge in [-0.1, -0.05) is 12.1 Å². The molecule has 2 aromatic carbocycles. The first-order chi connectivity index (χ1) is 18.1. The van der Waals surface area contributed by atoms with Crippen LogP contribution < -0.4 is 19.1 Å². The molecule has 10 nitrogen and oxygen atoms in total. The average Bonchev–Trinajstić information content (AvgIpc) is 3.32. The topological polar surface area (TPSA) is 112 Å². The summed E-state index contributed by atoms with van der Waals surface area (Å²) in [5, 5.41) is 22.0. The fourth-order valence-electron chi connectivity index (χ4n) is 4.67. The van der Waals surface area contributed by atoms with Crippen LogP contribution in [0.15, 0.2) is 54.7 Å². The Balaban J connectivity index is 1.12. The molecule has 1 unspecified atom stereocenters. The summed E-state index contributed by atoms with van der Waals surface area (Å²) in [6.45, 7) is 1.94. The molecule has 1 fully saturated rings. The van der Waals surface area contributed by atoms with Gasteiger partial charge in [0.15, 0.2) is 0 Å². The molecule has 38 heavy (non-hydrogen) atoms. The van der Waals surface area contributed by atoms with Gasteiger partial charge in [0.25, 0.3) is 0 Å². The lowest BCUT2D eigenvalue weighted by molar-refractivity contribution is -0.389. The Labute approximate surface area is 215 Å². The van der Waals surface area contributed by atoms with Gasteiger partial charge in [0, 0.05) is 36.7 Å². The zero-order chi connectivity index (χ0) is 26.9. The molecule has 0 radical (unpaired) electrons. The molecule has 1 N–H and O–H groups in total. The van der Waals surface area contributed by atoms with Gasteiger partial charge in [-0.2, -0.15) is 0 Å². The number of ether oxygens (including phenoxy) is 3. The minimum Gasteiger partial charge on any atom is -0.490 e. The van der Waals surface area contributed by atoms with Crippen LogP contribution in [0.2, 0.25) is 0 Å². The molecule has 3 heterocycles. The molecule has 1 saturated heterocycles. The molecule has 0 spiro atoms. The highest BCUT2D eigenvalue weighted by Crippen LogP contribution is 2.36. The van der Waals surface area contributed by atoms with E-state index in [2.05, 4.69) is 14.6 Å². The summed E-state index contributed by atoms with van der Waals surface area (Å²) in [6, 6.07) is 13.1. The molecule has 13 heteroatoms. The van der Waals surface area contributed by atoms with Crippen LogP contribution in [0.3, 0.4) is 0 Å². The maximum absolute atomic E-state index is 12.4. The van der Waals surface area contributed by atoms with Gasteiger partial charge < -0.3 is 34.3 Å². The Kier molecular flexibility index (Phi) is 6.78. The van der Waals surface area contributed by atoms with Gasteiger partial charge in [-0.15, -0.1) is 13.2 Å². The number of nitrogens with zero attached hydrogens (tertiary/aromatic N) is 4. The van der Waals surface area contributed by atoms with Crippen molar-refractivity contribution in [2.24, 2.45) is 0 Å². The highest BCUT2D eigenvalue weighted by Gasteiger charge is 2.35. The molecule has 2 aliphatic heterocycles.